The van der Waals surface area contributed by atoms with Crippen molar-refractivity contribution >= 4 is 15.8 Å². The third-order valence-corrected chi connectivity index (χ3v) is 6.97. The summed E-state index contributed by atoms with van der Waals surface area (Å²) in [6.07, 6.45) is 11.4. The fourth-order valence-corrected chi connectivity index (χ4v) is 4.71. The van der Waals surface area contributed by atoms with Gasteiger partial charge in [0.2, 0.25) is 9.84 Å². The molecule has 5 nitrogen and oxygen atoms in total. The summed E-state index contributed by atoms with van der Waals surface area (Å²) in [6.45, 7) is 3.67. The molecule has 0 atom stereocenters. The van der Waals surface area contributed by atoms with Crippen LogP contribution in [-0.4, -0.2) is 26.0 Å². The van der Waals surface area contributed by atoms with E-state index in [1.807, 2.05) is 49.4 Å². The minimum Gasteiger partial charge on any atom is -0.478 e. The van der Waals surface area contributed by atoms with Crippen LogP contribution in [0.3, 0.4) is 0 Å². The van der Waals surface area contributed by atoms with E-state index in [2.05, 4.69) is 5.32 Å². The van der Waals surface area contributed by atoms with Gasteiger partial charge in [0.1, 0.15) is 0 Å². The molecular weight excluding hydrogens is 410 g/mol. The van der Waals surface area contributed by atoms with E-state index >= 15 is 0 Å². The highest BCUT2D eigenvalue weighted by molar-refractivity contribution is 7.91. The van der Waals surface area contributed by atoms with Crippen LogP contribution in [-0.2, 0) is 27.6 Å². The first kappa shape index (κ1) is 22.7. The van der Waals surface area contributed by atoms with E-state index < -0.39 is 15.8 Å². The molecule has 6 heteroatoms. The van der Waals surface area contributed by atoms with Crippen molar-refractivity contribution in [2.75, 3.05) is 6.54 Å². The molecule has 1 aliphatic heterocycles. The molecule has 0 aromatic heterocycles. The van der Waals surface area contributed by atoms with Crippen LogP contribution in [0.25, 0.3) is 0 Å². The number of hydrogen-bond acceptors (Lipinski definition) is 4. The third kappa shape index (κ3) is 6.03. The van der Waals surface area contributed by atoms with Crippen molar-refractivity contribution < 1.29 is 18.3 Å². The van der Waals surface area contributed by atoms with Crippen molar-refractivity contribution in [2.24, 2.45) is 0 Å². The van der Waals surface area contributed by atoms with Gasteiger partial charge in [-0.25, -0.2) is 13.2 Å². The number of aryl methyl sites for hydroxylation is 2. The van der Waals surface area contributed by atoms with Gasteiger partial charge in [0, 0.05) is 12.1 Å². The highest BCUT2D eigenvalue weighted by atomic mass is 32.2. The highest BCUT2D eigenvalue weighted by Gasteiger charge is 2.19. The summed E-state index contributed by atoms with van der Waals surface area (Å²) in [5.41, 5.74) is 3.84. The Balaban J connectivity index is 0.000000229. The first-order chi connectivity index (χ1) is 14.9. The van der Waals surface area contributed by atoms with E-state index in [9.17, 15) is 13.2 Å². The second kappa shape index (κ2) is 10.4. The minimum absolute atomic E-state index is 0.356. The van der Waals surface area contributed by atoms with Crippen LogP contribution in [0.4, 0.5) is 0 Å². The number of nitrogens with one attached hydrogen (secondary N) is 1. The zero-order valence-electron chi connectivity index (χ0n) is 17.5. The largest absolute Gasteiger partial charge is 0.478 e. The van der Waals surface area contributed by atoms with Gasteiger partial charge in [0.15, 0.2) is 0 Å². The Morgan fingerprint density at radius 1 is 0.968 bits per heavy atom. The lowest BCUT2D eigenvalue weighted by Gasteiger charge is -2.10. The Kier molecular flexibility index (Phi) is 7.60. The molecule has 0 saturated carbocycles. The number of carbonyl (C=O) groups is 1. The Morgan fingerprint density at radius 2 is 1.71 bits per heavy atom. The smallest absolute Gasteiger partial charge is 0.331 e. The second-order valence-corrected chi connectivity index (χ2v) is 9.49. The Labute approximate surface area is 183 Å². The zero-order chi connectivity index (χ0) is 22.3. The topological polar surface area (TPSA) is 83.5 Å². The summed E-state index contributed by atoms with van der Waals surface area (Å²) in [7, 11) is -3.43. The van der Waals surface area contributed by atoms with Gasteiger partial charge in [0.25, 0.3) is 0 Å². The molecule has 0 amide bonds. The molecule has 0 spiro atoms. The molecule has 0 unspecified atom stereocenters. The molecular formula is C25H27NO4S. The van der Waals surface area contributed by atoms with Crippen molar-refractivity contribution in [3.05, 3.63) is 95.1 Å². The first-order valence-electron chi connectivity index (χ1n) is 10.3. The van der Waals surface area contributed by atoms with Crippen LogP contribution in [0.1, 0.15) is 29.5 Å². The summed E-state index contributed by atoms with van der Waals surface area (Å²) in [6, 6.07) is 12.5. The summed E-state index contributed by atoms with van der Waals surface area (Å²) >= 11 is 0. The van der Waals surface area contributed by atoms with Crippen molar-refractivity contribution in [1.82, 2.24) is 5.32 Å². The van der Waals surface area contributed by atoms with E-state index in [0.29, 0.717) is 21.8 Å². The van der Waals surface area contributed by atoms with Crippen molar-refractivity contribution in [1.29, 1.82) is 0 Å². The summed E-state index contributed by atoms with van der Waals surface area (Å²) in [4.78, 5) is 11.1. The molecule has 0 radical (unpaired) electrons. The molecule has 2 aromatic rings. The van der Waals surface area contributed by atoms with Crippen LogP contribution in [0.2, 0.25) is 0 Å². The van der Waals surface area contributed by atoms with E-state index in [1.165, 1.54) is 5.56 Å². The normalized spacial score (nSPS) is 15.6. The lowest BCUT2D eigenvalue weighted by atomic mass is 10.0. The maximum atomic E-state index is 12.7. The maximum absolute atomic E-state index is 12.7. The molecule has 0 bridgehead atoms. The molecule has 2 aliphatic rings. The average molecular weight is 438 g/mol. The number of hydrogen-bond donors (Lipinski definition) is 2. The fourth-order valence-electron chi connectivity index (χ4n) is 3.39. The van der Waals surface area contributed by atoms with Crippen LogP contribution in [0.5, 0.6) is 0 Å². The number of carboxylic acid groups (broad SMARTS) is 1. The first-order valence-corrected chi connectivity index (χ1v) is 11.8. The predicted molar refractivity (Wildman–Crippen MR) is 122 cm³/mol. The lowest BCUT2D eigenvalue weighted by molar-refractivity contribution is -0.132. The van der Waals surface area contributed by atoms with Gasteiger partial charge in [-0.3, -0.25) is 0 Å². The second-order valence-electron chi connectivity index (χ2n) is 7.54. The number of rotatable bonds is 3. The Morgan fingerprint density at radius 3 is 2.45 bits per heavy atom. The Bertz CT molecular complexity index is 1130. The van der Waals surface area contributed by atoms with Gasteiger partial charge in [-0.05, 0) is 68.1 Å². The molecule has 31 heavy (non-hydrogen) atoms. The quantitative estimate of drug-likeness (QED) is 0.745. The molecule has 0 fully saturated rings. The molecule has 0 saturated heterocycles. The molecule has 162 valence electrons. The van der Waals surface area contributed by atoms with Gasteiger partial charge >= 0.3 is 5.97 Å². The molecule has 2 aromatic carbocycles. The van der Waals surface area contributed by atoms with Crippen molar-refractivity contribution in [3.8, 4) is 0 Å². The van der Waals surface area contributed by atoms with Gasteiger partial charge in [0.05, 0.1) is 9.79 Å². The van der Waals surface area contributed by atoms with Crippen LogP contribution >= 0.6 is 0 Å². The number of sulfone groups is 1. The van der Waals surface area contributed by atoms with Crippen LogP contribution in [0, 0.1) is 6.92 Å². The highest BCUT2D eigenvalue weighted by Crippen LogP contribution is 2.25. The van der Waals surface area contributed by atoms with Gasteiger partial charge in [-0.2, -0.15) is 0 Å². The summed E-state index contributed by atoms with van der Waals surface area (Å²) in [5.74, 6) is -0.837. The number of benzene rings is 2. The van der Waals surface area contributed by atoms with Crippen LogP contribution in [0.15, 0.2) is 88.2 Å². The molecule has 4 rings (SSSR count). The predicted octanol–water partition coefficient (Wildman–Crippen LogP) is 4.38. The zero-order valence-corrected chi connectivity index (χ0v) is 18.4. The standard InChI is InChI=1S/C17H19NO2S.C8H8O2/c1-13-4-7-16(8-5-13)21(19,20)17-9-6-14-3-2-10-18-12-15(14)11-17;9-8(10)7-5-3-1-2-4-6-7/h4-9,11,18H,2-3,10,12H2,1H3;1-5H,6H2,(H,9,10). The molecule has 1 heterocycles. The number of carboxylic acids is 1. The van der Waals surface area contributed by atoms with Gasteiger partial charge in [-0.15, -0.1) is 0 Å². The van der Waals surface area contributed by atoms with Crippen molar-refractivity contribution in [2.45, 2.75) is 42.5 Å². The summed E-state index contributed by atoms with van der Waals surface area (Å²) < 4.78 is 25.4. The third-order valence-electron chi connectivity index (χ3n) is 5.20. The van der Waals surface area contributed by atoms with Crippen LogP contribution < -0.4 is 5.32 Å². The number of fused-ring (bicyclic) bond motifs is 1. The number of allylic oxidation sites excluding steroid dienone is 5. The minimum atomic E-state index is -3.43. The van der Waals surface area contributed by atoms with E-state index in [-0.39, 0.29) is 0 Å². The van der Waals surface area contributed by atoms with E-state index in [0.717, 1.165) is 37.1 Å². The van der Waals surface area contributed by atoms with E-state index in [4.69, 9.17) is 5.11 Å². The summed E-state index contributed by atoms with van der Waals surface area (Å²) in [5, 5.41) is 11.9. The SMILES string of the molecule is Cc1ccc(S(=O)(=O)c2ccc3c(c2)CNCCC3)cc1.O=C(O)C1=CC=CC=CC1. The molecule has 2 N–H and O–H groups in total. The monoisotopic (exact) mass is 437 g/mol. The fraction of sp³-hybridized carbons (Fsp3) is 0.240. The average Bonchev–Trinajstić information content (AvgIpc) is 3.17. The van der Waals surface area contributed by atoms with Gasteiger partial charge in [-0.1, -0.05) is 54.1 Å². The lowest BCUT2D eigenvalue weighted by Crippen LogP contribution is -2.12. The number of aliphatic carboxylic acids is 1. The van der Waals surface area contributed by atoms with Crippen molar-refractivity contribution in [3.63, 3.8) is 0 Å². The maximum Gasteiger partial charge on any atom is 0.331 e. The van der Waals surface area contributed by atoms with E-state index in [1.54, 1.807) is 30.4 Å². The Hall–Kier alpha value is -2.96. The molecule has 1 aliphatic carbocycles. The van der Waals surface area contributed by atoms with Gasteiger partial charge < -0.3 is 10.4 Å².